The lowest BCUT2D eigenvalue weighted by atomic mass is 9.78. The highest BCUT2D eigenvalue weighted by Gasteiger charge is 2.26. The molecular weight excluding hydrogens is 480 g/mol. The Morgan fingerprint density at radius 3 is 2.11 bits per heavy atom. The van der Waals surface area contributed by atoms with Crippen molar-refractivity contribution in [3.63, 3.8) is 0 Å². The third-order valence-corrected chi connectivity index (χ3v) is 6.30. The van der Waals surface area contributed by atoms with Gasteiger partial charge in [0.15, 0.2) is 0 Å². The van der Waals surface area contributed by atoms with E-state index in [1.165, 1.54) is 0 Å². The number of carbonyl (C=O) groups excluding carboxylic acids is 1. The summed E-state index contributed by atoms with van der Waals surface area (Å²) in [5.41, 5.74) is 3.52. The van der Waals surface area contributed by atoms with Crippen LogP contribution < -0.4 is 9.47 Å². The summed E-state index contributed by atoms with van der Waals surface area (Å²) >= 11 is 0. The highest BCUT2D eigenvalue weighted by Crippen LogP contribution is 2.33. The molecule has 1 aliphatic heterocycles. The van der Waals surface area contributed by atoms with Crippen molar-refractivity contribution in [2.24, 2.45) is 0 Å². The number of aryl methyl sites for hydroxylation is 1. The highest BCUT2D eigenvalue weighted by molar-refractivity contribution is 5.89. The van der Waals surface area contributed by atoms with Crippen LogP contribution in [0.4, 0.5) is 0 Å². The minimum atomic E-state index is -0.957. The van der Waals surface area contributed by atoms with Crippen molar-refractivity contribution in [2.45, 2.75) is 38.6 Å². The zero-order valence-electron chi connectivity index (χ0n) is 22.0. The molecule has 1 heterocycles. The van der Waals surface area contributed by atoms with Crippen molar-refractivity contribution in [1.29, 1.82) is 0 Å². The van der Waals surface area contributed by atoms with E-state index in [-0.39, 0.29) is 24.9 Å². The molecule has 0 bridgehead atoms. The number of carbonyl (C=O) groups is 1. The van der Waals surface area contributed by atoms with Gasteiger partial charge in [-0.1, -0.05) is 80.1 Å². The molecule has 0 amide bonds. The fraction of sp³-hybridized carbons (Fsp3) is 0.281. The molecule has 1 fully saturated rings. The predicted molar refractivity (Wildman–Crippen MR) is 146 cm³/mol. The van der Waals surface area contributed by atoms with E-state index in [0.29, 0.717) is 17.9 Å². The highest BCUT2D eigenvalue weighted by atomic mass is 16.8. The number of rotatable bonds is 10. The maximum absolute atomic E-state index is 12.5. The Morgan fingerprint density at radius 2 is 1.45 bits per heavy atom. The summed E-state index contributed by atoms with van der Waals surface area (Å²) in [7, 11) is 0. The lowest BCUT2D eigenvalue weighted by Gasteiger charge is -2.26. The van der Waals surface area contributed by atoms with Gasteiger partial charge in [0, 0.05) is 5.41 Å². The third kappa shape index (κ3) is 7.81. The first-order valence-electron chi connectivity index (χ1n) is 12.7. The Hall–Kier alpha value is -3.87. The Balaban J connectivity index is 1.28. The van der Waals surface area contributed by atoms with Gasteiger partial charge in [-0.2, -0.15) is 0 Å². The molecule has 4 rings (SSSR count). The summed E-state index contributed by atoms with van der Waals surface area (Å²) in [5.74, 6) is 0.916. The van der Waals surface area contributed by atoms with E-state index in [4.69, 9.17) is 18.9 Å². The van der Waals surface area contributed by atoms with E-state index < -0.39 is 12.1 Å². The molecule has 1 aliphatic rings. The Morgan fingerprint density at radius 1 is 0.868 bits per heavy atom. The molecule has 2 atom stereocenters. The first-order valence-corrected chi connectivity index (χ1v) is 12.7. The lowest BCUT2D eigenvalue weighted by molar-refractivity contribution is 0.0130. The van der Waals surface area contributed by atoms with Crippen LogP contribution in [0, 0.1) is 6.92 Å². The van der Waals surface area contributed by atoms with Crippen molar-refractivity contribution in [1.82, 2.24) is 0 Å². The first kappa shape index (κ1) is 27.2. The molecule has 1 saturated heterocycles. The number of hydrogen-bond acceptors (Lipinski definition) is 6. The summed E-state index contributed by atoms with van der Waals surface area (Å²) in [6, 6.07) is 30.4. The van der Waals surface area contributed by atoms with Gasteiger partial charge in [-0.05, 0) is 54.4 Å². The molecule has 3 aromatic rings. The van der Waals surface area contributed by atoms with Crippen LogP contribution in [0.5, 0.6) is 11.5 Å². The number of aliphatic hydroxyl groups excluding tert-OH is 1. The molecule has 0 aromatic heterocycles. The van der Waals surface area contributed by atoms with Gasteiger partial charge in [0.05, 0.1) is 5.56 Å². The fourth-order valence-electron chi connectivity index (χ4n) is 3.82. The van der Waals surface area contributed by atoms with Gasteiger partial charge >= 0.3 is 5.97 Å². The third-order valence-electron chi connectivity index (χ3n) is 6.30. The standard InChI is InChI=1S/C32H34O6/c1-23-8-5-4-6-10-24(11-7-9-23)31(34)37-21-27(33)20-35-28-16-12-25(13-17-28)32(2,3)26-14-18-29(19-15-26)38-30-22-36-30/h4-19,27,30,33H,20-22H2,1-3H3. The molecule has 38 heavy (non-hydrogen) atoms. The molecule has 0 spiro atoms. The van der Waals surface area contributed by atoms with Crippen LogP contribution in [0.25, 0.3) is 0 Å². The maximum atomic E-state index is 12.5. The normalized spacial score (nSPS) is 15.1. The minimum absolute atomic E-state index is 0.00368. The molecule has 6 nitrogen and oxygen atoms in total. The van der Waals surface area contributed by atoms with Crippen molar-refractivity contribution >= 4 is 5.97 Å². The fourth-order valence-corrected chi connectivity index (χ4v) is 3.82. The van der Waals surface area contributed by atoms with Crippen molar-refractivity contribution in [3.05, 3.63) is 119 Å². The van der Waals surface area contributed by atoms with Gasteiger partial charge in [-0.25, -0.2) is 4.79 Å². The van der Waals surface area contributed by atoms with E-state index in [1.54, 1.807) is 24.3 Å². The lowest BCUT2D eigenvalue weighted by Crippen LogP contribution is -2.25. The minimum Gasteiger partial charge on any atom is -0.491 e. The van der Waals surface area contributed by atoms with Crippen LogP contribution in [0.3, 0.4) is 0 Å². The maximum Gasteiger partial charge on any atom is 0.338 e. The summed E-state index contributed by atoms with van der Waals surface area (Å²) in [6.45, 7) is 6.78. The number of ether oxygens (including phenoxy) is 4. The Labute approximate surface area is 224 Å². The molecule has 198 valence electrons. The van der Waals surface area contributed by atoms with Gasteiger partial charge in [0.2, 0.25) is 6.29 Å². The summed E-state index contributed by atoms with van der Waals surface area (Å²) in [6.07, 6.45) is -1.07. The van der Waals surface area contributed by atoms with Crippen LogP contribution in [-0.2, 0) is 14.9 Å². The first-order chi connectivity index (χ1) is 18.3. The average Bonchev–Trinajstić information content (AvgIpc) is 3.74. The van der Waals surface area contributed by atoms with Gasteiger partial charge < -0.3 is 24.1 Å². The molecule has 0 saturated carbocycles. The second-order valence-corrected chi connectivity index (χ2v) is 9.75. The number of epoxide rings is 1. The quantitative estimate of drug-likeness (QED) is 0.273. The molecule has 6 heteroatoms. The number of esters is 1. The number of benzene rings is 2. The number of hydrogen-bond donors (Lipinski definition) is 1. The van der Waals surface area contributed by atoms with Crippen LogP contribution in [0.2, 0.25) is 0 Å². The summed E-state index contributed by atoms with van der Waals surface area (Å²) < 4.78 is 21.8. The van der Waals surface area contributed by atoms with Crippen molar-refractivity contribution < 1.29 is 28.8 Å². The Kier molecular flexibility index (Phi) is 9.00. The number of aliphatic hydroxyl groups is 1. The molecule has 2 unspecified atom stereocenters. The van der Waals surface area contributed by atoms with Crippen LogP contribution in [0.15, 0.2) is 97.1 Å². The van der Waals surface area contributed by atoms with Crippen LogP contribution >= 0.6 is 0 Å². The summed E-state index contributed by atoms with van der Waals surface area (Å²) in [4.78, 5) is 12.5. The largest absolute Gasteiger partial charge is 0.491 e. The molecular formula is C32H34O6. The molecule has 0 radical (unpaired) electrons. The predicted octanol–water partition coefficient (Wildman–Crippen LogP) is 5.78. The zero-order chi connectivity index (χ0) is 27.0. The van der Waals surface area contributed by atoms with Gasteiger partial charge in [0.1, 0.15) is 37.4 Å². The molecule has 1 N–H and O–H groups in total. The average molecular weight is 515 g/mol. The van der Waals surface area contributed by atoms with Crippen molar-refractivity contribution in [2.75, 3.05) is 19.8 Å². The van der Waals surface area contributed by atoms with E-state index in [0.717, 1.165) is 22.4 Å². The van der Waals surface area contributed by atoms with E-state index in [9.17, 15) is 9.90 Å². The van der Waals surface area contributed by atoms with Crippen LogP contribution in [-0.4, -0.2) is 43.3 Å². The van der Waals surface area contributed by atoms with E-state index >= 15 is 0 Å². The van der Waals surface area contributed by atoms with Crippen molar-refractivity contribution in [3.8, 4) is 11.5 Å². The molecule has 0 aliphatic carbocycles. The zero-order valence-corrected chi connectivity index (χ0v) is 22.0. The van der Waals surface area contributed by atoms with Crippen LogP contribution in [0.1, 0.15) is 40.9 Å². The monoisotopic (exact) mass is 514 g/mol. The second kappa shape index (κ2) is 12.6. The van der Waals surface area contributed by atoms with Gasteiger partial charge in [0.25, 0.3) is 0 Å². The van der Waals surface area contributed by atoms with E-state index in [1.807, 2.05) is 67.6 Å². The SMILES string of the molecule is Cc1cccccc(C(=O)OCC(O)COc2ccc(C(C)(C)c3ccc(OC4CO4)cc3)cc2)ccc1. The van der Waals surface area contributed by atoms with E-state index in [2.05, 4.69) is 26.0 Å². The second-order valence-electron chi connectivity index (χ2n) is 9.75. The Bertz CT molecular complexity index is 1260. The molecule has 3 aromatic carbocycles. The van der Waals surface area contributed by atoms with Gasteiger partial charge in [-0.15, -0.1) is 0 Å². The smallest absolute Gasteiger partial charge is 0.338 e. The van der Waals surface area contributed by atoms with Gasteiger partial charge in [-0.3, -0.25) is 0 Å². The topological polar surface area (TPSA) is 77.5 Å². The summed E-state index contributed by atoms with van der Waals surface area (Å²) in [5, 5.41) is 10.3.